The lowest BCUT2D eigenvalue weighted by atomic mass is 10.1. The molecule has 2 aromatic heterocycles. The van der Waals surface area contributed by atoms with Crippen molar-refractivity contribution in [2.24, 2.45) is 0 Å². The van der Waals surface area contributed by atoms with Crippen molar-refractivity contribution in [3.63, 3.8) is 0 Å². The van der Waals surface area contributed by atoms with E-state index in [2.05, 4.69) is 25.2 Å². The van der Waals surface area contributed by atoms with E-state index < -0.39 is 0 Å². The van der Waals surface area contributed by atoms with Gasteiger partial charge >= 0.3 is 0 Å². The van der Waals surface area contributed by atoms with Gasteiger partial charge in [-0.1, -0.05) is 0 Å². The van der Waals surface area contributed by atoms with E-state index in [1.165, 1.54) is 0 Å². The molecule has 0 bridgehead atoms. The van der Waals surface area contributed by atoms with Crippen LogP contribution in [0.1, 0.15) is 17.1 Å². The van der Waals surface area contributed by atoms with Crippen molar-refractivity contribution in [2.45, 2.75) is 19.9 Å². The van der Waals surface area contributed by atoms with Gasteiger partial charge in [0.15, 0.2) is 0 Å². The lowest BCUT2D eigenvalue weighted by Crippen LogP contribution is -2.27. The smallest absolute Gasteiger partial charge is 0.230 e. The zero-order chi connectivity index (χ0) is 17.4. The van der Waals surface area contributed by atoms with E-state index in [1.54, 1.807) is 6.20 Å². The molecule has 0 aliphatic carbocycles. The monoisotopic (exact) mass is 336 g/mol. The highest BCUT2D eigenvalue weighted by Crippen LogP contribution is 2.26. The van der Waals surface area contributed by atoms with E-state index in [9.17, 15) is 5.11 Å². The molecule has 0 atom stereocenters. The molecule has 0 amide bonds. The first-order chi connectivity index (χ1) is 12.1. The average Bonchev–Trinajstić information content (AvgIpc) is 3.02. The molecular formula is C18H20N6O. The van der Waals surface area contributed by atoms with Gasteiger partial charge in [-0.05, 0) is 38.2 Å². The van der Waals surface area contributed by atoms with Crippen LogP contribution >= 0.6 is 0 Å². The molecule has 0 spiro atoms. The summed E-state index contributed by atoms with van der Waals surface area (Å²) < 4.78 is 2.02. The number of imidazole rings is 1. The first-order valence-corrected chi connectivity index (χ1v) is 8.25. The highest BCUT2D eigenvalue weighted by molar-refractivity contribution is 5.57. The van der Waals surface area contributed by atoms with Crippen molar-refractivity contribution in [3.05, 3.63) is 53.7 Å². The zero-order valence-corrected chi connectivity index (χ0v) is 14.3. The van der Waals surface area contributed by atoms with Crippen molar-refractivity contribution in [3.8, 4) is 11.6 Å². The van der Waals surface area contributed by atoms with Gasteiger partial charge in [0, 0.05) is 48.8 Å². The maximum absolute atomic E-state index is 10.2. The van der Waals surface area contributed by atoms with Crippen molar-refractivity contribution in [2.75, 3.05) is 18.9 Å². The molecule has 0 unspecified atom stereocenters. The predicted molar refractivity (Wildman–Crippen MR) is 95.3 cm³/mol. The Kier molecular flexibility index (Phi) is 3.85. The molecule has 3 aromatic rings. The summed E-state index contributed by atoms with van der Waals surface area (Å²) in [5.41, 5.74) is 3.65. The molecule has 25 heavy (non-hydrogen) atoms. The molecule has 2 N–H and O–H groups in total. The quantitative estimate of drug-likeness (QED) is 0.765. The fraction of sp³-hybridized carbons (Fsp3) is 0.278. The first kappa shape index (κ1) is 15.6. The molecule has 7 nitrogen and oxygen atoms in total. The first-order valence-electron chi connectivity index (χ1n) is 8.25. The van der Waals surface area contributed by atoms with Crippen molar-refractivity contribution >= 4 is 11.6 Å². The minimum atomic E-state index is 0.0599. The summed E-state index contributed by atoms with van der Waals surface area (Å²) in [6.45, 7) is 3.58. The summed E-state index contributed by atoms with van der Waals surface area (Å²) in [5.74, 6) is 1.42. The third kappa shape index (κ3) is 3.06. The second-order valence-electron chi connectivity index (χ2n) is 6.30. The number of aromatic hydroxyl groups is 1. The predicted octanol–water partition coefficient (Wildman–Crippen LogP) is 2.41. The van der Waals surface area contributed by atoms with E-state index in [1.807, 2.05) is 49.0 Å². The topological polar surface area (TPSA) is 79.1 Å². The molecule has 1 aliphatic heterocycles. The zero-order valence-electron chi connectivity index (χ0n) is 14.3. The number of aromatic nitrogens is 4. The van der Waals surface area contributed by atoms with Gasteiger partial charge in [0.1, 0.15) is 5.82 Å². The fourth-order valence-electron chi connectivity index (χ4n) is 3.07. The number of fused-ring (bicyclic) bond motifs is 1. The van der Waals surface area contributed by atoms with Crippen molar-refractivity contribution in [1.29, 1.82) is 0 Å². The van der Waals surface area contributed by atoms with Crippen LogP contribution in [0.4, 0.5) is 11.6 Å². The number of hydrogen-bond acceptors (Lipinski definition) is 6. The Morgan fingerprint density at radius 3 is 2.68 bits per heavy atom. The normalized spacial score (nSPS) is 14.3. The molecule has 128 valence electrons. The number of hydrogen-bond donors (Lipinski definition) is 2. The maximum Gasteiger partial charge on any atom is 0.230 e. The van der Waals surface area contributed by atoms with Crippen LogP contribution in [0, 0.1) is 6.92 Å². The molecule has 7 heteroatoms. The van der Waals surface area contributed by atoms with Gasteiger partial charge in [-0.3, -0.25) is 0 Å². The Labute approximate surface area is 146 Å². The van der Waals surface area contributed by atoms with Crippen LogP contribution in [-0.2, 0) is 13.0 Å². The Morgan fingerprint density at radius 2 is 1.96 bits per heavy atom. The van der Waals surface area contributed by atoms with Gasteiger partial charge in [0.2, 0.25) is 11.8 Å². The summed E-state index contributed by atoms with van der Waals surface area (Å²) in [5, 5.41) is 13.4. The summed E-state index contributed by atoms with van der Waals surface area (Å²) >= 11 is 0. The fourth-order valence-corrected chi connectivity index (χ4v) is 3.07. The number of benzene rings is 1. The van der Waals surface area contributed by atoms with Crippen molar-refractivity contribution < 1.29 is 5.11 Å². The molecule has 0 fully saturated rings. The number of nitrogens with one attached hydrogen (secondary N) is 1. The summed E-state index contributed by atoms with van der Waals surface area (Å²) in [6, 6.07) is 7.93. The minimum absolute atomic E-state index is 0.0599. The third-order valence-electron chi connectivity index (χ3n) is 4.46. The number of anilines is 2. The van der Waals surface area contributed by atoms with Gasteiger partial charge in [0.25, 0.3) is 0 Å². The second-order valence-corrected chi connectivity index (χ2v) is 6.30. The minimum Gasteiger partial charge on any atom is -0.493 e. The Balaban J connectivity index is 1.56. The number of rotatable bonds is 3. The highest BCUT2D eigenvalue weighted by atomic mass is 16.3. The van der Waals surface area contributed by atoms with Crippen LogP contribution < -0.4 is 5.32 Å². The van der Waals surface area contributed by atoms with Gasteiger partial charge in [-0.15, -0.1) is 0 Å². The Hall–Kier alpha value is -2.93. The van der Waals surface area contributed by atoms with Crippen LogP contribution in [0.2, 0.25) is 0 Å². The standard InChI is InChI=1S/C18H20N6O/c1-12-19-8-10-24(12)14-5-3-13(4-6-14)20-18-21-16-7-9-23(2)11-15(16)17(25)22-18/h3-6,8,10H,7,9,11H2,1-2H3,(H2,20,21,22,25). The molecule has 4 rings (SSSR count). The molecule has 0 saturated heterocycles. The molecule has 0 radical (unpaired) electrons. The summed E-state index contributed by atoms with van der Waals surface area (Å²) in [7, 11) is 2.03. The maximum atomic E-state index is 10.2. The molecule has 3 heterocycles. The van der Waals surface area contributed by atoms with E-state index in [4.69, 9.17) is 0 Å². The van der Waals surface area contributed by atoms with E-state index in [0.717, 1.165) is 41.4 Å². The highest BCUT2D eigenvalue weighted by Gasteiger charge is 2.20. The molecule has 0 saturated carbocycles. The molecule has 1 aliphatic rings. The SMILES string of the molecule is Cc1nccn1-c1ccc(Nc2nc(O)c3c(n2)CCN(C)C3)cc1. The second kappa shape index (κ2) is 6.18. The van der Waals surface area contributed by atoms with Crippen molar-refractivity contribution in [1.82, 2.24) is 24.4 Å². The number of likely N-dealkylation sites (N-methyl/N-ethyl adjacent to an activating group) is 1. The number of nitrogens with zero attached hydrogens (tertiary/aromatic N) is 5. The van der Waals surface area contributed by atoms with Crippen LogP contribution in [0.15, 0.2) is 36.7 Å². The van der Waals surface area contributed by atoms with Crippen LogP contribution in [0.25, 0.3) is 5.69 Å². The molecular weight excluding hydrogens is 316 g/mol. The Morgan fingerprint density at radius 1 is 1.16 bits per heavy atom. The Bertz CT molecular complexity index is 902. The third-order valence-corrected chi connectivity index (χ3v) is 4.46. The van der Waals surface area contributed by atoms with Gasteiger partial charge in [-0.25, -0.2) is 9.97 Å². The van der Waals surface area contributed by atoms with Gasteiger partial charge in [0.05, 0.1) is 5.69 Å². The summed E-state index contributed by atoms with van der Waals surface area (Å²) in [6.07, 6.45) is 4.53. The number of aryl methyl sites for hydroxylation is 1. The average molecular weight is 336 g/mol. The van der Waals surface area contributed by atoms with E-state index in [0.29, 0.717) is 12.5 Å². The van der Waals surface area contributed by atoms with Gasteiger partial charge in [-0.2, -0.15) is 4.98 Å². The van der Waals surface area contributed by atoms with Crippen LogP contribution in [0.5, 0.6) is 5.88 Å². The lowest BCUT2D eigenvalue weighted by Gasteiger charge is -2.24. The molecule has 1 aromatic carbocycles. The van der Waals surface area contributed by atoms with Gasteiger partial charge < -0.3 is 19.9 Å². The summed E-state index contributed by atoms with van der Waals surface area (Å²) in [4.78, 5) is 15.1. The van der Waals surface area contributed by atoms with E-state index >= 15 is 0 Å². The van der Waals surface area contributed by atoms with E-state index in [-0.39, 0.29) is 5.88 Å². The van der Waals surface area contributed by atoms with Crippen LogP contribution in [-0.4, -0.2) is 43.1 Å². The lowest BCUT2D eigenvalue weighted by molar-refractivity contribution is 0.299. The van der Waals surface area contributed by atoms with Crippen LogP contribution in [0.3, 0.4) is 0 Å². The largest absolute Gasteiger partial charge is 0.493 e.